The molecular weight excluding hydrogens is 334 g/mol. The summed E-state index contributed by atoms with van der Waals surface area (Å²) >= 11 is 0. The van der Waals surface area contributed by atoms with E-state index in [1.165, 1.54) is 40.4 Å². The van der Waals surface area contributed by atoms with Crippen molar-refractivity contribution >= 4 is 22.4 Å². The Morgan fingerprint density at radius 2 is 2.22 bits per heavy atom. The first-order valence-electron chi connectivity index (χ1n) is 10.5. The molecular formula is C23H29N3O. The van der Waals surface area contributed by atoms with Crippen LogP contribution in [-0.4, -0.2) is 40.5 Å². The van der Waals surface area contributed by atoms with Crippen LogP contribution in [0, 0.1) is 5.92 Å². The van der Waals surface area contributed by atoms with E-state index in [2.05, 4.69) is 59.5 Å². The summed E-state index contributed by atoms with van der Waals surface area (Å²) in [5.74, 6) is 0.145. The second-order valence-corrected chi connectivity index (χ2v) is 8.62. The fourth-order valence-electron chi connectivity index (χ4n) is 5.10. The van der Waals surface area contributed by atoms with Crippen LogP contribution in [0.1, 0.15) is 50.7 Å². The summed E-state index contributed by atoms with van der Waals surface area (Å²) in [6.45, 7) is 5.15. The molecule has 3 aliphatic rings. The molecule has 0 bridgehead atoms. The monoisotopic (exact) mass is 363 g/mol. The summed E-state index contributed by atoms with van der Waals surface area (Å²) in [6, 6.07) is 7.85. The zero-order valence-electron chi connectivity index (χ0n) is 16.3. The molecule has 0 spiro atoms. The molecule has 0 unspecified atom stereocenters. The number of nitrogens with one attached hydrogen (secondary N) is 2. The number of rotatable bonds is 5. The SMILES string of the molecule is CCC[C@@H](C)NC(=O)[C@@H]1C=C2c3cccc4[nH]cc(c34)C[C@H]2N(C2CC2)C1. The Bertz CT molecular complexity index is 907. The lowest BCUT2D eigenvalue weighted by Crippen LogP contribution is -2.50. The Kier molecular flexibility index (Phi) is 4.12. The highest BCUT2D eigenvalue weighted by Gasteiger charge is 2.43. The highest BCUT2D eigenvalue weighted by atomic mass is 16.2. The van der Waals surface area contributed by atoms with Gasteiger partial charge in [-0.3, -0.25) is 9.69 Å². The van der Waals surface area contributed by atoms with Crippen molar-refractivity contribution in [2.75, 3.05) is 6.54 Å². The number of hydrogen-bond acceptors (Lipinski definition) is 2. The number of nitrogens with zero attached hydrogens (tertiary/aromatic N) is 1. The summed E-state index contributed by atoms with van der Waals surface area (Å²) in [5.41, 5.74) is 5.33. The Morgan fingerprint density at radius 1 is 1.37 bits per heavy atom. The smallest absolute Gasteiger partial charge is 0.228 e. The third-order valence-corrected chi connectivity index (χ3v) is 6.52. The highest BCUT2D eigenvalue weighted by Crippen LogP contribution is 2.44. The van der Waals surface area contributed by atoms with Gasteiger partial charge in [0.05, 0.1) is 5.92 Å². The molecule has 0 radical (unpaired) electrons. The van der Waals surface area contributed by atoms with Crippen molar-refractivity contribution in [2.45, 2.75) is 64.1 Å². The van der Waals surface area contributed by atoms with Crippen molar-refractivity contribution in [1.29, 1.82) is 0 Å². The molecule has 1 aromatic carbocycles. The van der Waals surface area contributed by atoms with Crippen LogP contribution < -0.4 is 5.32 Å². The van der Waals surface area contributed by atoms with E-state index in [4.69, 9.17) is 0 Å². The summed E-state index contributed by atoms with van der Waals surface area (Å²) in [6.07, 6.45) is 10.2. The first-order chi connectivity index (χ1) is 13.2. The third-order valence-electron chi connectivity index (χ3n) is 6.52. The first-order valence-corrected chi connectivity index (χ1v) is 10.5. The topological polar surface area (TPSA) is 48.1 Å². The van der Waals surface area contributed by atoms with Gasteiger partial charge in [-0.25, -0.2) is 0 Å². The normalized spacial score (nSPS) is 25.8. The Hall–Kier alpha value is -2.07. The van der Waals surface area contributed by atoms with Crippen LogP contribution >= 0.6 is 0 Å². The molecule has 1 aliphatic heterocycles. The largest absolute Gasteiger partial charge is 0.361 e. The number of amides is 1. The highest BCUT2D eigenvalue weighted by molar-refractivity contribution is 5.99. The molecule has 4 nitrogen and oxygen atoms in total. The van der Waals surface area contributed by atoms with Crippen molar-refractivity contribution in [3.8, 4) is 0 Å². The summed E-state index contributed by atoms with van der Waals surface area (Å²) in [7, 11) is 0. The molecule has 3 atom stereocenters. The van der Waals surface area contributed by atoms with Crippen molar-refractivity contribution in [3.05, 3.63) is 41.6 Å². The van der Waals surface area contributed by atoms with Crippen molar-refractivity contribution in [2.24, 2.45) is 5.92 Å². The van der Waals surface area contributed by atoms with E-state index in [0.29, 0.717) is 12.1 Å². The quantitative estimate of drug-likeness (QED) is 0.847. The third kappa shape index (κ3) is 2.91. The molecule has 2 aliphatic carbocycles. The number of benzene rings is 1. The Labute approximate surface area is 161 Å². The minimum atomic E-state index is -0.0492. The standard InChI is InChI=1S/C23H29N3O/c1-3-5-14(2)25-23(27)16-10-19-18-6-4-7-20-22(18)15(12-24-20)11-21(19)26(13-16)17-8-9-17/h4,6-7,10,12,14,16-17,21,24H,3,5,8-9,11,13H2,1-2H3,(H,25,27)/t14-,16-,21-/m1/s1. The zero-order valence-corrected chi connectivity index (χ0v) is 16.3. The van der Waals surface area contributed by atoms with Gasteiger partial charge in [-0.05, 0) is 55.4 Å². The predicted octanol–water partition coefficient (Wildman–Crippen LogP) is 3.88. The van der Waals surface area contributed by atoms with Gasteiger partial charge in [0.1, 0.15) is 0 Å². The van der Waals surface area contributed by atoms with E-state index >= 15 is 0 Å². The van der Waals surface area contributed by atoms with Gasteiger partial charge in [-0.2, -0.15) is 0 Å². The van der Waals surface area contributed by atoms with E-state index in [-0.39, 0.29) is 17.9 Å². The minimum Gasteiger partial charge on any atom is -0.361 e. The van der Waals surface area contributed by atoms with Crippen LogP contribution in [0.3, 0.4) is 0 Å². The molecule has 1 fully saturated rings. The van der Waals surface area contributed by atoms with Gasteiger partial charge in [0.25, 0.3) is 0 Å². The van der Waals surface area contributed by atoms with Gasteiger partial charge in [0, 0.05) is 41.8 Å². The van der Waals surface area contributed by atoms with Crippen LogP contribution in [0.2, 0.25) is 0 Å². The van der Waals surface area contributed by atoms with E-state index in [9.17, 15) is 4.79 Å². The Balaban J connectivity index is 1.53. The average molecular weight is 364 g/mol. The van der Waals surface area contributed by atoms with Crippen LogP contribution in [0.5, 0.6) is 0 Å². The van der Waals surface area contributed by atoms with Crippen LogP contribution in [0.15, 0.2) is 30.5 Å². The van der Waals surface area contributed by atoms with Gasteiger partial charge in [-0.1, -0.05) is 31.6 Å². The van der Waals surface area contributed by atoms with E-state index in [1.807, 2.05) is 0 Å². The number of aromatic nitrogens is 1. The molecule has 4 heteroatoms. The second-order valence-electron chi connectivity index (χ2n) is 8.62. The fourth-order valence-corrected chi connectivity index (χ4v) is 5.10. The molecule has 2 heterocycles. The average Bonchev–Trinajstić information content (AvgIpc) is 3.43. The number of carbonyl (C=O) groups excluding carboxylic acids is 1. The molecule has 5 rings (SSSR count). The minimum absolute atomic E-state index is 0.0492. The number of H-pyrrole nitrogens is 1. The number of fused-ring (bicyclic) bond motifs is 2. The Morgan fingerprint density at radius 3 is 3.00 bits per heavy atom. The molecule has 1 aromatic heterocycles. The molecule has 1 saturated carbocycles. The lowest BCUT2D eigenvalue weighted by Gasteiger charge is -2.42. The summed E-state index contributed by atoms with van der Waals surface area (Å²) in [5, 5.41) is 4.61. The maximum atomic E-state index is 13.0. The summed E-state index contributed by atoms with van der Waals surface area (Å²) < 4.78 is 0. The predicted molar refractivity (Wildman–Crippen MR) is 109 cm³/mol. The van der Waals surface area contributed by atoms with Crippen molar-refractivity contribution < 1.29 is 4.79 Å². The van der Waals surface area contributed by atoms with E-state index in [0.717, 1.165) is 25.8 Å². The lowest BCUT2D eigenvalue weighted by atomic mass is 9.79. The molecule has 27 heavy (non-hydrogen) atoms. The first kappa shape index (κ1) is 17.1. The van der Waals surface area contributed by atoms with Gasteiger partial charge in [0.15, 0.2) is 0 Å². The number of hydrogen-bond donors (Lipinski definition) is 2. The second kappa shape index (κ2) is 6.52. The number of carbonyl (C=O) groups is 1. The molecule has 142 valence electrons. The van der Waals surface area contributed by atoms with Crippen molar-refractivity contribution in [1.82, 2.24) is 15.2 Å². The lowest BCUT2D eigenvalue weighted by molar-refractivity contribution is -0.125. The van der Waals surface area contributed by atoms with Crippen LogP contribution in [0.25, 0.3) is 16.5 Å². The van der Waals surface area contributed by atoms with Gasteiger partial charge < -0.3 is 10.3 Å². The van der Waals surface area contributed by atoms with Gasteiger partial charge in [0.2, 0.25) is 5.91 Å². The van der Waals surface area contributed by atoms with E-state index in [1.54, 1.807) is 0 Å². The molecule has 1 amide bonds. The fraction of sp³-hybridized carbons (Fsp3) is 0.522. The van der Waals surface area contributed by atoms with Gasteiger partial charge >= 0.3 is 0 Å². The molecule has 2 aromatic rings. The zero-order chi connectivity index (χ0) is 18.5. The molecule has 0 saturated heterocycles. The van der Waals surface area contributed by atoms with E-state index < -0.39 is 0 Å². The van der Waals surface area contributed by atoms with Crippen LogP contribution in [-0.2, 0) is 11.2 Å². The van der Waals surface area contributed by atoms with Gasteiger partial charge in [-0.15, -0.1) is 0 Å². The maximum Gasteiger partial charge on any atom is 0.228 e. The maximum absolute atomic E-state index is 13.0. The summed E-state index contributed by atoms with van der Waals surface area (Å²) in [4.78, 5) is 19.1. The number of aromatic amines is 1. The van der Waals surface area contributed by atoms with Crippen molar-refractivity contribution in [3.63, 3.8) is 0 Å². The van der Waals surface area contributed by atoms with Crippen LogP contribution in [0.4, 0.5) is 0 Å². The molecule has 2 N–H and O–H groups in total.